The van der Waals surface area contributed by atoms with Gasteiger partial charge < -0.3 is 9.38 Å². The molecular weight excluding hydrogens is 161 g/mol. The normalized spacial score (nSPS) is 46.3. The molecule has 3 heteroatoms. The summed E-state index contributed by atoms with van der Waals surface area (Å²) in [5.74, 6) is 1.79. The van der Waals surface area contributed by atoms with Gasteiger partial charge in [-0.1, -0.05) is 0 Å². The van der Waals surface area contributed by atoms with Crippen molar-refractivity contribution in [1.29, 1.82) is 0 Å². The van der Waals surface area contributed by atoms with E-state index in [-0.39, 0.29) is 0 Å². The minimum absolute atomic E-state index is 0.750. The van der Waals surface area contributed by atoms with Crippen molar-refractivity contribution in [2.45, 2.75) is 6.42 Å². The molecule has 2 aliphatic heterocycles. The Labute approximate surface area is 82.9 Å². The summed E-state index contributed by atoms with van der Waals surface area (Å²) in [6.07, 6.45) is 2.19. The Morgan fingerprint density at radius 1 is 1.38 bits per heavy atom. The molecule has 2 nitrogen and oxygen atoms in total. The van der Waals surface area contributed by atoms with Gasteiger partial charge in [-0.05, 0) is 12.9 Å². The maximum absolute atomic E-state index is 5.69. The summed E-state index contributed by atoms with van der Waals surface area (Å²) >= 11 is 0. The molecule has 0 aliphatic carbocycles. The molecule has 2 radical (unpaired) electrons. The first-order chi connectivity index (χ1) is 6.09. The van der Waals surface area contributed by atoms with Gasteiger partial charge in [-0.3, -0.25) is 0 Å². The lowest BCUT2D eigenvalue weighted by Gasteiger charge is -2.48. The third-order valence-corrected chi connectivity index (χ3v) is 3.46. The zero-order chi connectivity index (χ0) is 9.47. The van der Waals surface area contributed by atoms with Gasteiger partial charge in [-0.15, -0.1) is 0 Å². The van der Waals surface area contributed by atoms with E-state index in [1.807, 2.05) is 0 Å². The SMILES string of the molecule is [B]CN1CC2CC(C1)C[N+](C)([14CH3])C2. The van der Waals surface area contributed by atoms with Gasteiger partial charge in [-0.25, -0.2) is 0 Å². The fraction of sp³-hybridized carbons (Fsp3) is 1.00. The van der Waals surface area contributed by atoms with Gasteiger partial charge in [0, 0.05) is 24.9 Å². The zero-order valence-electron chi connectivity index (χ0n) is 8.87. The van der Waals surface area contributed by atoms with Gasteiger partial charge in [0.2, 0.25) is 0 Å². The second-order valence-corrected chi connectivity index (χ2v) is 5.49. The number of nitrogens with zero attached hydrogens (tertiary/aromatic N) is 2. The van der Waals surface area contributed by atoms with Crippen molar-refractivity contribution >= 4 is 7.85 Å². The molecule has 0 spiro atoms. The van der Waals surface area contributed by atoms with Crippen LogP contribution in [0.4, 0.5) is 0 Å². The lowest BCUT2D eigenvalue weighted by atomic mass is 9.83. The van der Waals surface area contributed by atoms with Crippen LogP contribution in [0.25, 0.3) is 0 Å². The van der Waals surface area contributed by atoms with Crippen LogP contribution in [0.3, 0.4) is 0 Å². The number of rotatable bonds is 1. The van der Waals surface area contributed by atoms with Crippen LogP contribution in [0, 0.1) is 11.8 Å². The molecule has 0 aromatic rings. The lowest BCUT2D eigenvalue weighted by Crippen LogP contribution is -2.58. The molecule has 2 saturated heterocycles. The minimum atomic E-state index is 0.750. The second-order valence-electron chi connectivity index (χ2n) is 5.49. The first kappa shape index (κ1) is 9.54. The average molecular weight is 181 g/mol. The van der Waals surface area contributed by atoms with E-state index >= 15 is 0 Å². The van der Waals surface area contributed by atoms with Crippen molar-refractivity contribution in [3.8, 4) is 0 Å². The largest absolute Gasteiger partial charge is 0.328 e. The third-order valence-electron chi connectivity index (χ3n) is 3.46. The predicted octanol–water partition coefficient (Wildman–Crippen LogP) is 0.140. The van der Waals surface area contributed by atoms with Gasteiger partial charge in [0.1, 0.15) is 0 Å². The molecule has 2 heterocycles. The summed E-state index contributed by atoms with van der Waals surface area (Å²) in [5.41, 5.74) is 0. The Hall–Kier alpha value is -0.0151. The fourth-order valence-electron chi connectivity index (χ4n) is 3.31. The van der Waals surface area contributed by atoms with Crippen molar-refractivity contribution in [2.75, 3.05) is 46.7 Å². The Bertz CT molecular complexity index is 177. The smallest absolute Gasteiger partial charge is 0.0863 e. The molecule has 0 N–H and O–H groups in total. The molecule has 0 aromatic carbocycles. The van der Waals surface area contributed by atoms with Crippen LogP contribution in [0.1, 0.15) is 6.42 Å². The summed E-state index contributed by atoms with van der Waals surface area (Å²) < 4.78 is 1.22. The monoisotopic (exact) mass is 181 g/mol. The van der Waals surface area contributed by atoms with Crippen molar-refractivity contribution in [3.63, 3.8) is 0 Å². The molecule has 2 unspecified atom stereocenters. The van der Waals surface area contributed by atoms with E-state index in [1.54, 1.807) is 0 Å². The molecule has 2 aliphatic rings. The highest BCUT2D eigenvalue weighted by Gasteiger charge is 2.38. The Kier molecular flexibility index (Phi) is 2.41. The van der Waals surface area contributed by atoms with Crippen LogP contribution in [0.2, 0.25) is 0 Å². The Morgan fingerprint density at radius 3 is 2.38 bits per heavy atom. The summed E-state index contributed by atoms with van der Waals surface area (Å²) in [5, 5.41) is 0. The molecule has 2 bridgehead atoms. The molecule has 13 heavy (non-hydrogen) atoms. The highest BCUT2D eigenvalue weighted by molar-refractivity contribution is 6.08. The Morgan fingerprint density at radius 2 is 1.92 bits per heavy atom. The molecule has 2 rings (SSSR count). The summed E-state index contributed by atoms with van der Waals surface area (Å²) in [6, 6.07) is 0. The second kappa shape index (κ2) is 3.28. The van der Waals surface area contributed by atoms with Gasteiger partial charge >= 0.3 is 0 Å². The maximum Gasteiger partial charge on any atom is 0.0863 e. The van der Waals surface area contributed by atoms with E-state index < -0.39 is 0 Å². The highest BCUT2D eigenvalue weighted by atomic mass is 15.6. The molecule has 2 atom stereocenters. The quantitative estimate of drug-likeness (QED) is 0.411. The molecule has 0 saturated carbocycles. The van der Waals surface area contributed by atoms with Crippen LogP contribution in [0.5, 0.6) is 0 Å². The molecule has 2 fully saturated rings. The molecule has 0 amide bonds. The van der Waals surface area contributed by atoms with Crippen LogP contribution in [-0.4, -0.2) is 63.9 Å². The summed E-state index contributed by atoms with van der Waals surface area (Å²) in [7, 11) is 10.4. The van der Waals surface area contributed by atoms with Gasteiger partial charge in [0.05, 0.1) is 35.0 Å². The zero-order valence-corrected chi connectivity index (χ0v) is 8.87. The van der Waals surface area contributed by atoms with Crippen molar-refractivity contribution in [2.24, 2.45) is 11.8 Å². The van der Waals surface area contributed by atoms with Crippen LogP contribution in [-0.2, 0) is 0 Å². The molecule has 72 valence electrons. The van der Waals surface area contributed by atoms with E-state index in [0.717, 1.165) is 18.3 Å². The standard InChI is InChI=1S/C10H20BN2/c1-13(2)6-9-3-10(7-13)5-12(4-9)8-11/h9-10H,3-8H2,1-2H3/q+1/i1+2. The summed E-state index contributed by atoms with van der Waals surface area (Å²) in [6.45, 7) is 5.14. The van der Waals surface area contributed by atoms with Crippen LogP contribution >= 0.6 is 0 Å². The maximum atomic E-state index is 5.69. The molecule has 0 aromatic heterocycles. The van der Waals surface area contributed by atoms with E-state index in [2.05, 4.69) is 19.0 Å². The number of fused-ring (bicyclic) bond motifs is 2. The summed E-state index contributed by atoms with van der Waals surface area (Å²) in [4.78, 5) is 2.41. The van der Waals surface area contributed by atoms with Crippen LogP contribution in [0.15, 0.2) is 0 Å². The molecular formula is C10H20BN2+. The Balaban J connectivity index is 2.01. The predicted molar refractivity (Wildman–Crippen MR) is 55.6 cm³/mol. The van der Waals surface area contributed by atoms with E-state index in [0.29, 0.717) is 0 Å². The van der Waals surface area contributed by atoms with Crippen molar-refractivity contribution in [1.82, 2.24) is 4.90 Å². The number of hydrogen-bond acceptors (Lipinski definition) is 1. The lowest BCUT2D eigenvalue weighted by molar-refractivity contribution is -0.903. The van der Waals surface area contributed by atoms with Gasteiger partial charge in [0.15, 0.2) is 0 Å². The van der Waals surface area contributed by atoms with Crippen molar-refractivity contribution < 1.29 is 4.48 Å². The van der Waals surface area contributed by atoms with Crippen molar-refractivity contribution in [3.05, 3.63) is 0 Å². The highest BCUT2D eigenvalue weighted by Crippen LogP contribution is 2.30. The van der Waals surface area contributed by atoms with E-state index in [1.165, 1.54) is 37.1 Å². The van der Waals surface area contributed by atoms with Gasteiger partial charge in [-0.2, -0.15) is 0 Å². The number of quaternary nitrogens is 1. The average Bonchev–Trinajstić information content (AvgIpc) is 1.99. The third kappa shape index (κ3) is 2.08. The number of piperidine rings is 2. The van der Waals surface area contributed by atoms with E-state index in [4.69, 9.17) is 7.85 Å². The number of hydrogen-bond donors (Lipinski definition) is 0. The number of likely N-dealkylation sites (tertiary alicyclic amines) is 2. The first-order valence-electron chi connectivity index (χ1n) is 5.33. The minimum Gasteiger partial charge on any atom is -0.328 e. The van der Waals surface area contributed by atoms with E-state index in [9.17, 15) is 0 Å². The van der Waals surface area contributed by atoms with Crippen LogP contribution < -0.4 is 0 Å². The topological polar surface area (TPSA) is 3.24 Å². The first-order valence-corrected chi connectivity index (χ1v) is 5.33. The van der Waals surface area contributed by atoms with Gasteiger partial charge in [0.25, 0.3) is 0 Å². The fourth-order valence-corrected chi connectivity index (χ4v) is 3.31.